The number of benzene rings is 1. The van der Waals surface area contributed by atoms with E-state index in [-0.39, 0.29) is 23.4 Å². The number of carbonyl (C=O) groups is 1. The Bertz CT molecular complexity index is 739. The van der Waals surface area contributed by atoms with Gasteiger partial charge in [-0.15, -0.1) is 0 Å². The minimum absolute atomic E-state index is 0.0511. The number of hydrogen-bond donors (Lipinski definition) is 2. The van der Waals surface area contributed by atoms with Gasteiger partial charge in [-0.1, -0.05) is 0 Å². The Morgan fingerprint density at radius 2 is 2.00 bits per heavy atom. The van der Waals surface area contributed by atoms with Gasteiger partial charge in [0.1, 0.15) is 0 Å². The summed E-state index contributed by atoms with van der Waals surface area (Å²) >= 11 is 1.47. The van der Waals surface area contributed by atoms with Crippen LogP contribution < -0.4 is 4.72 Å². The first-order valence-electron chi connectivity index (χ1n) is 6.82. The first-order valence-corrected chi connectivity index (χ1v) is 9.25. The van der Waals surface area contributed by atoms with Gasteiger partial charge in [0.15, 0.2) is 0 Å². The molecule has 0 aliphatic rings. The van der Waals surface area contributed by atoms with Crippen molar-refractivity contribution in [1.29, 1.82) is 0 Å². The van der Waals surface area contributed by atoms with Crippen LogP contribution in [0, 0.1) is 0 Å². The summed E-state index contributed by atoms with van der Waals surface area (Å²) in [6, 6.07) is 7.25. The van der Waals surface area contributed by atoms with Crippen molar-refractivity contribution in [2.75, 3.05) is 13.7 Å². The molecule has 1 heterocycles. The molecule has 0 aliphatic carbocycles. The van der Waals surface area contributed by atoms with Crippen LogP contribution in [-0.2, 0) is 14.8 Å². The van der Waals surface area contributed by atoms with Gasteiger partial charge >= 0.3 is 5.97 Å². The topological polar surface area (TPSA) is 92.7 Å². The smallest absolute Gasteiger partial charge is 0.337 e. The van der Waals surface area contributed by atoms with Crippen molar-refractivity contribution in [2.24, 2.45) is 0 Å². The van der Waals surface area contributed by atoms with E-state index in [0.717, 1.165) is 5.56 Å². The highest BCUT2D eigenvalue weighted by atomic mass is 32.2. The molecule has 0 saturated carbocycles. The van der Waals surface area contributed by atoms with Crippen molar-refractivity contribution in [3.8, 4) is 0 Å². The van der Waals surface area contributed by atoms with E-state index in [4.69, 9.17) is 0 Å². The molecule has 0 saturated heterocycles. The van der Waals surface area contributed by atoms with Crippen LogP contribution in [0.25, 0.3) is 0 Å². The van der Waals surface area contributed by atoms with E-state index in [9.17, 15) is 18.3 Å². The van der Waals surface area contributed by atoms with E-state index in [1.807, 2.05) is 10.8 Å². The Balaban J connectivity index is 1.95. The molecule has 2 N–H and O–H groups in total. The Morgan fingerprint density at radius 1 is 1.30 bits per heavy atom. The number of aliphatic hydroxyl groups is 1. The maximum atomic E-state index is 12.1. The Kier molecular flexibility index (Phi) is 5.89. The molecule has 2 rings (SSSR count). The molecule has 124 valence electrons. The summed E-state index contributed by atoms with van der Waals surface area (Å²) in [5, 5.41) is 13.6. The van der Waals surface area contributed by atoms with Crippen LogP contribution in [-0.4, -0.2) is 33.1 Å². The summed E-state index contributed by atoms with van der Waals surface area (Å²) in [4.78, 5) is 11.4. The van der Waals surface area contributed by atoms with Crippen molar-refractivity contribution in [1.82, 2.24) is 4.72 Å². The zero-order valence-corrected chi connectivity index (χ0v) is 14.1. The van der Waals surface area contributed by atoms with Gasteiger partial charge in [-0.2, -0.15) is 11.3 Å². The van der Waals surface area contributed by atoms with Gasteiger partial charge < -0.3 is 9.84 Å². The van der Waals surface area contributed by atoms with E-state index < -0.39 is 22.1 Å². The third-order valence-corrected chi connectivity index (χ3v) is 5.40. The summed E-state index contributed by atoms with van der Waals surface area (Å²) in [5.74, 6) is -0.527. The van der Waals surface area contributed by atoms with E-state index in [0.29, 0.717) is 0 Å². The monoisotopic (exact) mass is 355 g/mol. The van der Waals surface area contributed by atoms with Gasteiger partial charge in [-0.3, -0.25) is 0 Å². The van der Waals surface area contributed by atoms with Gasteiger partial charge in [-0.05, 0) is 53.1 Å². The van der Waals surface area contributed by atoms with Gasteiger partial charge in [0.2, 0.25) is 10.0 Å². The number of thiophene rings is 1. The summed E-state index contributed by atoms with van der Waals surface area (Å²) < 4.78 is 31.3. The fourth-order valence-electron chi connectivity index (χ4n) is 1.93. The van der Waals surface area contributed by atoms with Crippen LogP contribution >= 0.6 is 11.3 Å². The summed E-state index contributed by atoms with van der Waals surface area (Å²) in [6.07, 6.45) is -0.429. The van der Waals surface area contributed by atoms with Crippen molar-refractivity contribution in [2.45, 2.75) is 17.4 Å². The molecule has 1 atom stereocenters. The maximum Gasteiger partial charge on any atom is 0.337 e. The summed E-state index contributed by atoms with van der Waals surface area (Å²) in [5.41, 5.74) is 1.05. The Morgan fingerprint density at radius 3 is 2.57 bits per heavy atom. The second-order valence-electron chi connectivity index (χ2n) is 4.77. The normalized spacial score (nSPS) is 12.8. The lowest BCUT2D eigenvalue weighted by Gasteiger charge is -2.10. The largest absolute Gasteiger partial charge is 0.465 e. The average Bonchev–Trinajstić information content (AvgIpc) is 3.08. The highest BCUT2D eigenvalue weighted by molar-refractivity contribution is 7.89. The molecular weight excluding hydrogens is 338 g/mol. The number of nitrogens with one attached hydrogen (secondary N) is 1. The fraction of sp³-hybridized carbons (Fsp3) is 0.267. The van der Waals surface area contributed by atoms with Crippen LogP contribution in [0.1, 0.15) is 28.4 Å². The zero-order valence-electron chi connectivity index (χ0n) is 12.4. The Labute approximate surface area is 138 Å². The molecule has 1 aromatic carbocycles. The number of sulfonamides is 1. The second-order valence-corrected chi connectivity index (χ2v) is 7.32. The SMILES string of the molecule is COC(=O)c1ccc(S(=O)(=O)NCC[C@@H](O)c2ccsc2)cc1. The minimum atomic E-state index is -3.68. The maximum absolute atomic E-state index is 12.1. The van der Waals surface area contributed by atoms with Crippen LogP contribution in [0.15, 0.2) is 46.0 Å². The Hall–Kier alpha value is -1.74. The second kappa shape index (κ2) is 7.69. The molecule has 6 nitrogen and oxygen atoms in total. The number of carbonyl (C=O) groups excluding carboxylic acids is 1. The number of esters is 1. The van der Waals surface area contributed by atoms with Gasteiger partial charge in [0, 0.05) is 6.54 Å². The summed E-state index contributed by atoms with van der Waals surface area (Å²) in [7, 11) is -2.43. The predicted octanol–water partition coefficient (Wildman–Crippen LogP) is 1.94. The molecule has 8 heteroatoms. The molecule has 1 aromatic heterocycles. The molecule has 0 bridgehead atoms. The molecule has 2 aromatic rings. The fourth-order valence-corrected chi connectivity index (χ4v) is 3.69. The number of methoxy groups -OCH3 is 1. The van der Waals surface area contributed by atoms with Gasteiger partial charge in [0.05, 0.1) is 23.7 Å². The number of rotatable bonds is 7. The summed E-state index contributed by atoms with van der Waals surface area (Å²) in [6.45, 7) is 0.109. The molecule has 0 radical (unpaired) electrons. The number of aliphatic hydroxyl groups excluding tert-OH is 1. The first kappa shape index (κ1) is 17.6. The van der Waals surface area contributed by atoms with Crippen molar-refractivity contribution < 1.29 is 23.1 Å². The van der Waals surface area contributed by atoms with Crippen molar-refractivity contribution >= 4 is 27.3 Å². The molecule has 23 heavy (non-hydrogen) atoms. The first-order chi connectivity index (χ1) is 10.9. The molecule has 0 amide bonds. The van der Waals surface area contributed by atoms with Crippen LogP contribution in [0.2, 0.25) is 0 Å². The third kappa shape index (κ3) is 4.61. The molecule has 0 fully saturated rings. The zero-order chi connectivity index (χ0) is 16.9. The standard InChI is InChI=1S/C15H17NO5S2/c1-21-15(18)11-2-4-13(5-3-11)23(19,20)16-8-6-14(17)12-7-9-22-10-12/h2-5,7,9-10,14,16-17H,6,8H2,1H3/t14-/m1/s1. The average molecular weight is 355 g/mol. The van der Waals surface area contributed by atoms with E-state index in [1.54, 1.807) is 6.07 Å². The van der Waals surface area contributed by atoms with E-state index >= 15 is 0 Å². The van der Waals surface area contributed by atoms with Gasteiger partial charge in [0.25, 0.3) is 0 Å². The predicted molar refractivity (Wildman–Crippen MR) is 86.9 cm³/mol. The van der Waals surface area contributed by atoms with Crippen LogP contribution in [0.4, 0.5) is 0 Å². The van der Waals surface area contributed by atoms with E-state index in [1.165, 1.54) is 42.7 Å². The lowest BCUT2D eigenvalue weighted by Crippen LogP contribution is -2.26. The molecule has 0 unspecified atom stereocenters. The van der Waals surface area contributed by atoms with Crippen LogP contribution in [0.5, 0.6) is 0 Å². The lowest BCUT2D eigenvalue weighted by molar-refractivity contribution is 0.0600. The number of hydrogen-bond acceptors (Lipinski definition) is 6. The van der Waals surface area contributed by atoms with Crippen molar-refractivity contribution in [3.63, 3.8) is 0 Å². The van der Waals surface area contributed by atoms with Crippen molar-refractivity contribution in [3.05, 3.63) is 52.2 Å². The number of ether oxygens (including phenoxy) is 1. The highest BCUT2D eigenvalue weighted by Gasteiger charge is 2.16. The quantitative estimate of drug-likeness (QED) is 0.741. The van der Waals surface area contributed by atoms with E-state index in [2.05, 4.69) is 9.46 Å². The minimum Gasteiger partial charge on any atom is -0.465 e. The molecular formula is C15H17NO5S2. The molecule has 0 aliphatic heterocycles. The molecule has 0 spiro atoms. The lowest BCUT2D eigenvalue weighted by atomic mass is 10.1. The van der Waals surface area contributed by atoms with Crippen LogP contribution in [0.3, 0.4) is 0 Å². The van der Waals surface area contributed by atoms with Gasteiger partial charge in [-0.25, -0.2) is 17.9 Å². The highest BCUT2D eigenvalue weighted by Crippen LogP contribution is 2.19. The third-order valence-electron chi connectivity index (χ3n) is 3.22.